The van der Waals surface area contributed by atoms with Crippen molar-refractivity contribution < 1.29 is 0 Å². The molecule has 0 aromatic heterocycles. The van der Waals surface area contributed by atoms with Crippen molar-refractivity contribution >= 4 is 5.69 Å². The molecule has 0 saturated heterocycles. The normalized spacial score (nSPS) is 15.3. The number of nitrogens with one attached hydrogen (secondary N) is 1. The average Bonchev–Trinajstić information content (AvgIpc) is 2.39. The summed E-state index contributed by atoms with van der Waals surface area (Å²) in [6, 6.07) is 9.10. The maximum Gasteiger partial charge on any atom is 0.0366 e. The fraction of sp³-hybridized carbons (Fsp3) is 0.647. The van der Waals surface area contributed by atoms with Gasteiger partial charge in [0.1, 0.15) is 0 Å². The fourth-order valence-corrected chi connectivity index (χ4v) is 2.64. The van der Waals surface area contributed by atoms with E-state index in [0.29, 0.717) is 0 Å². The highest BCUT2D eigenvalue weighted by Gasteiger charge is 2.20. The van der Waals surface area contributed by atoms with Crippen LogP contribution >= 0.6 is 0 Å². The van der Waals surface area contributed by atoms with Gasteiger partial charge in [-0.25, -0.2) is 0 Å². The predicted octanol–water partition coefficient (Wildman–Crippen LogP) is 3.81. The van der Waals surface area contributed by atoms with Crippen molar-refractivity contribution in [3.05, 3.63) is 29.8 Å². The zero-order valence-electron chi connectivity index (χ0n) is 12.5. The van der Waals surface area contributed by atoms with Crippen molar-refractivity contribution in [2.45, 2.75) is 46.1 Å². The fourth-order valence-electron chi connectivity index (χ4n) is 2.64. The highest BCUT2D eigenvalue weighted by molar-refractivity contribution is 5.47. The Morgan fingerprint density at radius 2 is 1.89 bits per heavy atom. The Morgan fingerprint density at radius 3 is 2.42 bits per heavy atom. The summed E-state index contributed by atoms with van der Waals surface area (Å²) in [4.78, 5) is 2.52. The van der Waals surface area contributed by atoms with Crippen LogP contribution in [0.4, 0.5) is 5.69 Å². The largest absolute Gasteiger partial charge is 0.372 e. The molecule has 0 heterocycles. The van der Waals surface area contributed by atoms with E-state index in [9.17, 15) is 0 Å². The Labute approximate surface area is 118 Å². The number of hydrogen-bond acceptors (Lipinski definition) is 2. The highest BCUT2D eigenvalue weighted by atomic mass is 15.1. The Hall–Kier alpha value is -1.02. The van der Waals surface area contributed by atoms with Crippen LogP contribution in [0, 0.1) is 5.92 Å². The van der Waals surface area contributed by atoms with E-state index in [-0.39, 0.29) is 0 Å². The molecule has 1 saturated carbocycles. The monoisotopic (exact) mass is 260 g/mol. The zero-order valence-corrected chi connectivity index (χ0v) is 12.5. The predicted molar refractivity (Wildman–Crippen MR) is 83.7 cm³/mol. The van der Waals surface area contributed by atoms with Crippen LogP contribution in [-0.4, -0.2) is 19.6 Å². The number of rotatable bonds is 8. The lowest BCUT2D eigenvalue weighted by Crippen LogP contribution is -2.32. The van der Waals surface area contributed by atoms with Crippen molar-refractivity contribution in [1.29, 1.82) is 0 Å². The minimum atomic E-state index is 0.936. The second kappa shape index (κ2) is 7.54. The molecule has 1 aliphatic rings. The van der Waals surface area contributed by atoms with E-state index in [1.807, 2.05) is 0 Å². The minimum absolute atomic E-state index is 0.936. The molecule has 1 aliphatic carbocycles. The van der Waals surface area contributed by atoms with E-state index in [1.54, 1.807) is 0 Å². The van der Waals surface area contributed by atoms with Crippen LogP contribution in [0.3, 0.4) is 0 Å². The Morgan fingerprint density at radius 1 is 1.16 bits per heavy atom. The van der Waals surface area contributed by atoms with E-state index < -0.39 is 0 Å². The van der Waals surface area contributed by atoms with Gasteiger partial charge in [-0.05, 0) is 56.3 Å². The zero-order chi connectivity index (χ0) is 13.5. The third-order valence-electron chi connectivity index (χ3n) is 4.14. The van der Waals surface area contributed by atoms with Gasteiger partial charge in [0.25, 0.3) is 0 Å². The summed E-state index contributed by atoms with van der Waals surface area (Å²) in [7, 11) is 0. The molecule has 2 nitrogen and oxygen atoms in total. The molecule has 1 aromatic carbocycles. The Balaban J connectivity index is 1.87. The molecule has 2 rings (SSSR count). The molecule has 19 heavy (non-hydrogen) atoms. The third kappa shape index (κ3) is 4.24. The van der Waals surface area contributed by atoms with Crippen molar-refractivity contribution in [3.8, 4) is 0 Å². The number of anilines is 1. The number of hydrogen-bond donors (Lipinski definition) is 1. The summed E-state index contributed by atoms with van der Waals surface area (Å²) < 4.78 is 0. The van der Waals surface area contributed by atoms with Crippen LogP contribution in [0.25, 0.3) is 0 Å². The van der Waals surface area contributed by atoms with Crippen LogP contribution in [0.1, 0.15) is 45.1 Å². The molecule has 0 bridgehead atoms. The van der Waals surface area contributed by atoms with Gasteiger partial charge in [-0.15, -0.1) is 0 Å². The molecule has 0 radical (unpaired) electrons. The molecule has 1 N–H and O–H groups in total. The van der Waals surface area contributed by atoms with Gasteiger partial charge in [-0.2, -0.15) is 0 Å². The molecular weight excluding hydrogens is 232 g/mol. The van der Waals surface area contributed by atoms with E-state index >= 15 is 0 Å². The first-order chi connectivity index (χ1) is 9.33. The molecule has 1 fully saturated rings. The first-order valence-corrected chi connectivity index (χ1v) is 7.88. The molecule has 0 atom stereocenters. The Kier molecular flexibility index (Phi) is 5.71. The number of nitrogens with zero attached hydrogens (tertiary/aromatic N) is 1. The minimum Gasteiger partial charge on any atom is -0.372 e. The van der Waals surface area contributed by atoms with Crippen LogP contribution < -0.4 is 10.2 Å². The molecule has 0 amide bonds. The quantitative estimate of drug-likeness (QED) is 0.715. The van der Waals surface area contributed by atoms with Crippen molar-refractivity contribution in [2.75, 3.05) is 24.5 Å². The van der Waals surface area contributed by atoms with E-state index in [4.69, 9.17) is 0 Å². The molecular formula is C17H28N2. The maximum absolute atomic E-state index is 3.45. The van der Waals surface area contributed by atoms with Gasteiger partial charge >= 0.3 is 0 Å². The lowest BCUT2D eigenvalue weighted by Gasteiger charge is -2.33. The van der Waals surface area contributed by atoms with Crippen LogP contribution in [-0.2, 0) is 6.54 Å². The molecule has 0 unspecified atom stereocenters. The summed E-state index contributed by atoms with van der Waals surface area (Å²) in [5.74, 6) is 0.936. The second-order valence-corrected chi connectivity index (χ2v) is 5.68. The second-order valence-electron chi connectivity index (χ2n) is 5.68. The standard InChI is InChI=1S/C17H28N2/c1-3-12-18-13-15-8-10-17(11-9-15)19(4-2)14-16-6-5-7-16/h8-11,16,18H,3-7,12-14H2,1-2H3. The van der Waals surface area contributed by atoms with Gasteiger partial charge in [0.2, 0.25) is 0 Å². The van der Waals surface area contributed by atoms with Gasteiger partial charge in [-0.3, -0.25) is 0 Å². The Bertz CT molecular complexity index is 354. The lowest BCUT2D eigenvalue weighted by atomic mass is 9.85. The van der Waals surface area contributed by atoms with Gasteiger partial charge < -0.3 is 10.2 Å². The van der Waals surface area contributed by atoms with E-state index in [1.165, 1.54) is 43.5 Å². The summed E-state index contributed by atoms with van der Waals surface area (Å²) in [5, 5.41) is 3.45. The smallest absolute Gasteiger partial charge is 0.0366 e. The molecule has 2 heteroatoms. The SMILES string of the molecule is CCCNCc1ccc(N(CC)CC2CCC2)cc1. The first-order valence-electron chi connectivity index (χ1n) is 7.88. The first kappa shape index (κ1) is 14.4. The number of benzene rings is 1. The molecule has 0 aliphatic heterocycles. The van der Waals surface area contributed by atoms with Gasteiger partial charge in [0.15, 0.2) is 0 Å². The summed E-state index contributed by atoms with van der Waals surface area (Å²) in [6.45, 7) is 8.91. The topological polar surface area (TPSA) is 15.3 Å². The van der Waals surface area contributed by atoms with Gasteiger partial charge in [-0.1, -0.05) is 25.5 Å². The van der Waals surface area contributed by atoms with Crippen LogP contribution in [0.2, 0.25) is 0 Å². The van der Waals surface area contributed by atoms with Crippen molar-refractivity contribution in [1.82, 2.24) is 5.32 Å². The van der Waals surface area contributed by atoms with Gasteiger partial charge in [0, 0.05) is 25.3 Å². The molecule has 0 spiro atoms. The lowest BCUT2D eigenvalue weighted by molar-refractivity contribution is 0.318. The molecule has 1 aromatic rings. The average molecular weight is 260 g/mol. The third-order valence-corrected chi connectivity index (χ3v) is 4.14. The summed E-state index contributed by atoms with van der Waals surface area (Å²) in [5.41, 5.74) is 2.77. The van der Waals surface area contributed by atoms with Crippen molar-refractivity contribution in [3.63, 3.8) is 0 Å². The molecule has 106 valence electrons. The van der Waals surface area contributed by atoms with E-state index in [0.717, 1.165) is 25.6 Å². The van der Waals surface area contributed by atoms with E-state index in [2.05, 4.69) is 48.3 Å². The van der Waals surface area contributed by atoms with Crippen molar-refractivity contribution in [2.24, 2.45) is 5.92 Å². The summed E-state index contributed by atoms with van der Waals surface area (Å²) >= 11 is 0. The maximum atomic E-state index is 3.45. The highest BCUT2D eigenvalue weighted by Crippen LogP contribution is 2.28. The van der Waals surface area contributed by atoms with Gasteiger partial charge in [0.05, 0.1) is 0 Å². The van der Waals surface area contributed by atoms with Crippen LogP contribution in [0.5, 0.6) is 0 Å². The summed E-state index contributed by atoms with van der Waals surface area (Å²) in [6.07, 6.45) is 5.48. The van der Waals surface area contributed by atoms with Crippen LogP contribution in [0.15, 0.2) is 24.3 Å².